The number of thiol groups is 1. The van der Waals surface area contributed by atoms with Gasteiger partial charge in [-0.2, -0.15) is 12.6 Å². The van der Waals surface area contributed by atoms with Crippen molar-refractivity contribution in [2.45, 2.75) is 136 Å². The minimum atomic E-state index is -0.745. The molecule has 0 unspecified atom stereocenters. The highest BCUT2D eigenvalue weighted by atomic mass is 32.1. The number of carboxylic acid groups (broad SMARTS) is 2. The van der Waals surface area contributed by atoms with Gasteiger partial charge in [-0.3, -0.25) is 9.59 Å². The first-order valence-electron chi connectivity index (χ1n) is 12.0. The first-order valence-corrected chi connectivity index (χ1v) is 12.6. The lowest BCUT2D eigenvalue weighted by molar-refractivity contribution is -0.137. The van der Waals surface area contributed by atoms with Gasteiger partial charge in [-0.1, -0.05) is 117 Å². The SMILES string of the molecule is CCC(=O)O.CCC(=O)O.CCCCCCCCCCCCCCCCCCS. The Morgan fingerprint density at radius 2 is 0.724 bits per heavy atom. The van der Waals surface area contributed by atoms with Crippen molar-refractivity contribution in [3.63, 3.8) is 0 Å². The fourth-order valence-electron chi connectivity index (χ4n) is 2.66. The average molecular weight is 435 g/mol. The van der Waals surface area contributed by atoms with Crippen molar-refractivity contribution in [2.24, 2.45) is 0 Å². The second kappa shape index (κ2) is 32.0. The van der Waals surface area contributed by atoms with Gasteiger partial charge >= 0.3 is 11.9 Å². The van der Waals surface area contributed by atoms with E-state index in [1.807, 2.05) is 0 Å². The molecule has 0 aromatic rings. The number of unbranched alkanes of at least 4 members (excludes halogenated alkanes) is 15. The van der Waals surface area contributed by atoms with Gasteiger partial charge < -0.3 is 10.2 Å². The average Bonchev–Trinajstić information content (AvgIpc) is 2.71. The third-order valence-corrected chi connectivity index (χ3v) is 4.93. The van der Waals surface area contributed by atoms with Crippen LogP contribution >= 0.6 is 12.6 Å². The van der Waals surface area contributed by atoms with E-state index < -0.39 is 11.9 Å². The van der Waals surface area contributed by atoms with Crippen molar-refractivity contribution in [2.75, 3.05) is 5.75 Å². The topological polar surface area (TPSA) is 74.6 Å². The maximum Gasteiger partial charge on any atom is 0.303 e. The zero-order chi connectivity index (χ0) is 22.6. The Hall–Kier alpha value is -0.710. The van der Waals surface area contributed by atoms with Gasteiger partial charge in [-0.05, 0) is 12.2 Å². The number of carboxylic acids is 2. The summed E-state index contributed by atoms with van der Waals surface area (Å²) in [6.07, 6.45) is 23.6. The summed E-state index contributed by atoms with van der Waals surface area (Å²) < 4.78 is 0. The lowest BCUT2D eigenvalue weighted by atomic mass is 10.0. The van der Waals surface area contributed by atoms with E-state index in [1.165, 1.54) is 103 Å². The molecule has 0 spiro atoms. The molecule has 0 heterocycles. The maximum atomic E-state index is 9.37. The minimum Gasteiger partial charge on any atom is -0.481 e. The van der Waals surface area contributed by atoms with Crippen LogP contribution in [0, 0.1) is 0 Å². The highest BCUT2D eigenvalue weighted by Gasteiger charge is 1.94. The maximum absolute atomic E-state index is 9.37. The summed E-state index contributed by atoms with van der Waals surface area (Å²) >= 11 is 4.24. The first-order chi connectivity index (χ1) is 14.0. The Kier molecular flexibility index (Phi) is 36.3. The number of carbonyl (C=O) groups is 2. The summed E-state index contributed by atoms with van der Waals surface area (Å²) in [6, 6.07) is 0. The predicted octanol–water partition coefficient (Wildman–Crippen LogP) is 8.14. The molecular weight excluding hydrogens is 384 g/mol. The Morgan fingerprint density at radius 3 is 0.897 bits per heavy atom. The number of aliphatic carboxylic acids is 2. The van der Waals surface area contributed by atoms with Gasteiger partial charge in [0.05, 0.1) is 0 Å². The predicted molar refractivity (Wildman–Crippen MR) is 129 cm³/mol. The molecule has 0 fully saturated rings. The molecule has 0 amide bonds. The van der Waals surface area contributed by atoms with Crippen LogP contribution in [0.2, 0.25) is 0 Å². The quantitative estimate of drug-likeness (QED) is 0.150. The van der Waals surface area contributed by atoms with Crippen molar-refractivity contribution in [1.29, 1.82) is 0 Å². The van der Waals surface area contributed by atoms with Crippen molar-refractivity contribution in [3.8, 4) is 0 Å². The van der Waals surface area contributed by atoms with Crippen LogP contribution in [-0.2, 0) is 9.59 Å². The van der Waals surface area contributed by atoms with Gasteiger partial charge in [0.15, 0.2) is 0 Å². The summed E-state index contributed by atoms with van der Waals surface area (Å²) in [5, 5.41) is 15.4. The Labute approximate surface area is 186 Å². The molecule has 0 bridgehead atoms. The van der Waals surface area contributed by atoms with Crippen LogP contribution in [-0.4, -0.2) is 27.9 Å². The minimum absolute atomic E-state index is 0.222. The van der Waals surface area contributed by atoms with E-state index in [1.54, 1.807) is 13.8 Å². The summed E-state index contributed by atoms with van der Waals surface area (Å²) in [4.78, 5) is 18.7. The van der Waals surface area contributed by atoms with Crippen LogP contribution in [0.4, 0.5) is 0 Å². The molecule has 0 saturated carbocycles. The third kappa shape index (κ3) is 46.9. The molecule has 0 aromatic heterocycles. The second-order valence-corrected chi connectivity index (χ2v) is 7.97. The fourth-order valence-corrected chi connectivity index (χ4v) is 2.88. The molecule has 0 aliphatic carbocycles. The summed E-state index contributed by atoms with van der Waals surface area (Å²) in [6.45, 7) is 5.49. The molecule has 4 nitrogen and oxygen atoms in total. The molecule has 0 aliphatic rings. The second-order valence-electron chi connectivity index (χ2n) is 7.52. The molecule has 0 atom stereocenters. The van der Waals surface area contributed by atoms with Gasteiger partial charge in [-0.15, -0.1) is 0 Å². The zero-order valence-corrected chi connectivity index (χ0v) is 20.5. The monoisotopic (exact) mass is 434 g/mol. The van der Waals surface area contributed by atoms with E-state index in [9.17, 15) is 9.59 Å². The molecule has 0 aromatic carbocycles. The molecular formula is C24H50O4S. The molecule has 176 valence electrons. The van der Waals surface area contributed by atoms with Crippen molar-refractivity contribution >= 4 is 24.6 Å². The van der Waals surface area contributed by atoms with Crippen LogP contribution in [0.1, 0.15) is 136 Å². The first kappa shape index (κ1) is 32.9. The Bertz CT molecular complexity index is 292. The molecule has 29 heavy (non-hydrogen) atoms. The summed E-state index contributed by atoms with van der Waals surface area (Å²) in [5.41, 5.74) is 0. The van der Waals surface area contributed by atoms with E-state index in [4.69, 9.17) is 10.2 Å². The van der Waals surface area contributed by atoms with Gasteiger partial charge in [0, 0.05) is 12.8 Å². The smallest absolute Gasteiger partial charge is 0.303 e. The number of hydrogen-bond donors (Lipinski definition) is 3. The van der Waals surface area contributed by atoms with E-state index in [-0.39, 0.29) is 12.8 Å². The summed E-state index contributed by atoms with van der Waals surface area (Å²) in [7, 11) is 0. The van der Waals surface area contributed by atoms with Crippen LogP contribution in [0.25, 0.3) is 0 Å². The highest BCUT2D eigenvalue weighted by molar-refractivity contribution is 7.80. The Morgan fingerprint density at radius 1 is 0.517 bits per heavy atom. The fraction of sp³-hybridized carbons (Fsp3) is 0.917. The zero-order valence-electron chi connectivity index (χ0n) is 19.6. The van der Waals surface area contributed by atoms with E-state index in [0.717, 1.165) is 5.75 Å². The lowest BCUT2D eigenvalue weighted by Gasteiger charge is -2.03. The van der Waals surface area contributed by atoms with E-state index in [2.05, 4.69) is 19.6 Å². The van der Waals surface area contributed by atoms with Gasteiger partial charge in [0.1, 0.15) is 0 Å². The lowest BCUT2D eigenvalue weighted by Crippen LogP contribution is -1.86. The van der Waals surface area contributed by atoms with Crippen LogP contribution in [0.3, 0.4) is 0 Å². The van der Waals surface area contributed by atoms with Crippen LogP contribution in [0.5, 0.6) is 0 Å². The van der Waals surface area contributed by atoms with Gasteiger partial charge in [0.25, 0.3) is 0 Å². The third-order valence-electron chi connectivity index (χ3n) is 4.62. The molecule has 0 saturated heterocycles. The standard InChI is InChI=1S/C18H38S.2C3H6O2/c1-2-3-4-5-6-7-8-9-10-11-12-13-14-15-16-17-18-19;2*1-2-3(4)5/h19H,2-18H2,1H3;2*2H2,1H3,(H,4,5). The molecule has 0 radical (unpaired) electrons. The van der Waals surface area contributed by atoms with Crippen molar-refractivity contribution in [3.05, 3.63) is 0 Å². The highest BCUT2D eigenvalue weighted by Crippen LogP contribution is 2.13. The van der Waals surface area contributed by atoms with E-state index >= 15 is 0 Å². The van der Waals surface area contributed by atoms with Crippen LogP contribution in [0.15, 0.2) is 0 Å². The van der Waals surface area contributed by atoms with Gasteiger partial charge in [-0.25, -0.2) is 0 Å². The number of hydrogen-bond acceptors (Lipinski definition) is 3. The van der Waals surface area contributed by atoms with Crippen LogP contribution < -0.4 is 0 Å². The molecule has 5 heteroatoms. The van der Waals surface area contributed by atoms with E-state index in [0.29, 0.717) is 0 Å². The largest absolute Gasteiger partial charge is 0.481 e. The number of rotatable bonds is 18. The van der Waals surface area contributed by atoms with Crippen molar-refractivity contribution in [1.82, 2.24) is 0 Å². The van der Waals surface area contributed by atoms with Gasteiger partial charge in [0.2, 0.25) is 0 Å². The molecule has 2 N–H and O–H groups in total. The summed E-state index contributed by atoms with van der Waals surface area (Å²) in [5.74, 6) is -0.423. The molecule has 0 rings (SSSR count). The normalized spacial score (nSPS) is 9.79. The molecule has 0 aliphatic heterocycles. The van der Waals surface area contributed by atoms with Crippen molar-refractivity contribution < 1.29 is 19.8 Å². The Balaban J connectivity index is -0.000000555.